The summed E-state index contributed by atoms with van der Waals surface area (Å²) in [4.78, 5) is 13.3. The third kappa shape index (κ3) is 4.45. The first-order chi connectivity index (χ1) is 11.9. The third-order valence-electron chi connectivity index (χ3n) is 4.41. The van der Waals surface area contributed by atoms with Gasteiger partial charge in [-0.3, -0.25) is 9.69 Å². The van der Waals surface area contributed by atoms with Gasteiger partial charge in [0.2, 0.25) is 10.0 Å². The van der Waals surface area contributed by atoms with E-state index < -0.39 is 15.8 Å². The molecule has 3 rings (SSSR count). The summed E-state index contributed by atoms with van der Waals surface area (Å²) in [7, 11) is -3.58. The first-order valence-corrected chi connectivity index (χ1v) is 9.73. The molecule has 0 saturated carbocycles. The number of halogens is 1. The Labute approximate surface area is 146 Å². The molecule has 0 N–H and O–H groups in total. The molecule has 1 aromatic carbocycles. The van der Waals surface area contributed by atoms with Crippen molar-refractivity contribution in [2.45, 2.75) is 23.8 Å². The van der Waals surface area contributed by atoms with Gasteiger partial charge in [0.1, 0.15) is 11.9 Å². The van der Waals surface area contributed by atoms with Gasteiger partial charge in [-0.15, -0.1) is 0 Å². The van der Waals surface area contributed by atoms with Gasteiger partial charge in [-0.05, 0) is 36.8 Å². The highest BCUT2D eigenvalue weighted by Crippen LogP contribution is 2.18. The maximum atomic E-state index is 13.0. The SMILES string of the molecule is O=C1CCC(/C=C/CN2CCN(S(=O)(=O)c3ccc(F)cc3)CC2)O1. The number of hydrogen-bond acceptors (Lipinski definition) is 5. The standard InChI is InChI=1S/C17H21FN2O4S/c18-14-3-6-16(7-4-14)25(22,23)20-12-10-19(11-13-20)9-1-2-15-5-8-17(21)24-15/h1-4,6-7,15H,5,8-13H2/b2-1+. The summed E-state index contributed by atoms with van der Waals surface area (Å²) >= 11 is 0. The molecule has 1 aromatic rings. The van der Waals surface area contributed by atoms with Crippen molar-refractivity contribution in [1.29, 1.82) is 0 Å². The third-order valence-corrected chi connectivity index (χ3v) is 6.33. The van der Waals surface area contributed by atoms with Crippen LogP contribution in [0.15, 0.2) is 41.3 Å². The molecular formula is C17H21FN2O4S. The summed E-state index contributed by atoms with van der Waals surface area (Å²) in [5.41, 5.74) is 0. The Morgan fingerprint density at radius 3 is 2.44 bits per heavy atom. The fourth-order valence-corrected chi connectivity index (χ4v) is 4.37. The van der Waals surface area contributed by atoms with Gasteiger partial charge in [0, 0.05) is 39.1 Å². The van der Waals surface area contributed by atoms with Gasteiger partial charge in [0.15, 0.2) is 0 Å². The molecule has 2 heterocycles. The molecule has 6 nitrogen and oxygen atoms in total. The molecular weight excluding hydrogens is 347 g/mol. The molecule has 2 aliphatic heterocycles. The number of carbonyl (C=O) groups excluding carboxylic acids is 1. The largest absolute Gasteiger partial charge is 0.458 e. The number of benzene rings is 1. The van der Waals surface area contributed by atoms with E-state index in [1.165, 1.54) is 16.4 Å². The van der Waals surface area contributed by atoms with E-state index in [4.69, 9.17) is 4.74 Å². The lowest BCUT2D eigenvalue weighted by molar-refractivity contribution is -0.140. The van der Waals surface area contributed by atoms with E-state index in [0.29, 0.717) is 39.1 Å². The lowest BCUT2D eigenvalue weighted by Crippen LogP contribution is -2.48. The van der Waals surface area contributed by atoms with Crippen LogP contribution in [0.1, 0.15) is 12.8 Å². The van der Waals surface area contributed by atoms with Gasteiger partial charge in [-0.1, -0.05) is 6.08 Å². The monoisotopic (exact) mass is 368 g/mol. The summed E-state index contributed by atoms with van der Waals surface area (Å²) < 4.78 is 44.6. The van der Waals surface area contributed by atoms with Crippen molar-refractivity contribution in [3.8, 4) is 0 Å². The Morgan fingerprint density at radius 1 is 1.16 bits per heavy atom. The van der Waals surface area contributed by atoms with Crippen molar-refractivity contribution in [2.24, 2.45) is 0 Å². The van der Waals surface area contributed by atoms with Gasteiger partial charge in [0.25, 0.3) is 0 Å². The van der Waals surface area contributed by atoms with Crippen LogP contribution in [-0.2, 0) is 19.6 Å². The highest BCUT2D eigenvalue weighted by Gasteiger charge is 2.28. The van der Waals surface area contributed by atoms with Crippen LogP contribution in [0.3, 0.4) is 0 Å². The van der Waals surface area contributed by atoms with E-state index >= 15 is 0 Å². The number of sulfonamides is 1. The maximum Gasteiger partial charge on any atom is 0.306 e. The lowest BCUT2D eigenvalue weighted by Gasteiger charge is -2.33. The molecule has 8 heteroatoms. The van der Waals surface area contributed by atoms with Crippen LogP contribution in [-0.4, -0.2) is 62.4 Å². The van der Waals surface area contributed by atoms with Crippen molar-refractivity contribution >= 4 is 16.0 Å². The van der Waals surface area contributed by atoms with E-state index in [1.54, 1.807) is 0 Å². The summed E-state index contributed by atoms with van der Waals surface area (Å²) in [6, 6.07) is 4.90. The molecule has 2 aliphatic rings. The normalized spacial score (nSPS) is 23.2. The number of esters is 1. The predicted octanol–water partition coefficient (Wildman–Crippen LogP) is 1.39. The molecule has 0 amide bonds. The smallest absolute Gasteiger partial charge is 0.306 e. The van der Waals surface area contributed by atoms with Crippen LogP contribution >= 0.6 is 0 Å². The Morgan fingerprint density at radius 2 is 1.84 bits per heavy atom. The number of carbonyl (C=O) groups is 1. The average Bonchev–Trinajstić information content (AvgIpc) is 3.01. The van der Waals surface area contributed by atoms with Crippen molar-refractivity contribution in [1.82, 2.24) is 9.21 Å². The summed E-state index contributed by atoms with van der Waals surface area (Å²) in [6.45, 7) is 2.72. The number of cyclic esters (lactones) is 1. The summed E-state index contributed by atoms with van der Waals surface area (Å²) in [5.74, 6) is -0.613. The van der Waals surface area contributed by atoms with Crippen LogP contribution in [0.2, 0.25) is 0 Å². The molecule has 0 radical (unpaired) electrons. The van der Waals surface area contributed by atoms with E-state index in [-0.39, 0.29) is 17.0 Å². The number of piperazine rings is 1. The van der Waals surface area contributed by atoms with Gasteiger partial charge >= 0.3 is 5.97 Å². The molecule has 25 heavy (non-hydrogen) atoms. The van der Waals surface area contributed by atoms with Gasteiger partial charge in [0.05, 0.1) is 4.90 Å². The second-order valence-electron chi connectivity index (χ2n) is 6.15. The highest BCUT2D eigenvalue weighted by molar-refractivity contribution is 7.89. The number of nitrogens with zero attached hydrogens (tertiary/aromatic N) is 2. The fraction of sp³-hybridized carbons (Fsp3) is 0.471. The lowest BCUT2D eigenvalue weighted by atomic mass is 10.2. The first kappa shape index (κ1) is 18.0. The van der Waals surface area contributed by atoms with E-state index in [1.807, 2.05) is 12.2 Å². The maximum absolute atomic E-state index is 13.0. The van der Waals surface area contributed by atoms with Crippen molar-refractivity contribution in [3.63, 3.8) is 0 Å². The van der Waals surface area contributed by atoms with E-state index in [9.17, 15) is 17.6 Å². The minimum absolute atomic E-state index is 0.116. The first-order valence-electron chi connectivity index (χ1n) is 8.29. The minimum Gasteiger partial charge on any atom is -0.458 e. The van der Waals surface area contributed by atoms with Gasteiger partial charge < -0.3 is 4.74 Å². The Balaban J connectivity index is 1.50. The van der Waals surface area contributed by atoms with Crippen LogP contribution in [0.25, 0.3) is 0 Å². The molecule has 2 saturated heterocycles. The minimum atomic E-state index is -3.58. The molecule has 0 bridgehead atoms. The van der Waals surface area contributed by atoms with Crippen molar-refractivity contribution in [2.75, 3.05) is 32.7 Å². The Hall–Kier alpha value is -1.77. The van der Waals surface area contributed by atoms with Crippen LogP contribution in [0, 0.1) is 5.82 Å². The van der Waals surface area contributed by atoms with E-state index in [0.717, 1.165) is 18.6 Å². The number of ether oxygens (including phenoxy) is 1. The number of rotatable bonds is 5. The molecule has 0 spiro atoms. The zero-order chi connectivity index (χ0) is 17.9. The van der Waals surface area contributed by atoms with Crippen LogP contribution in [0.5, 0.6) is 0 Å². The molecule has 1 atom stereocenters. The Bertz CT molecular complexity index is 740. The number of hydrogen-bond donors (Lipinski definition) is 0. The summed E-state index contributed by atoms with van der Waals surface area (Å²) in [6.07, 6.45) is 4.92. The van der Waals surface area contributed by atoms with Gasteiger partial charge in [-0.25, -0.2) is 12.8 Å². The molecule has 0 aliphatic carbocycles. The van der Waals surface area contributed by atoms with Gasteiger partial charge in [-0.2, -0.15) is 4.31 Å². The zero-order valence-corrected chi connectivity index (χ0v) is 14.6. The van der Waals surface area contributed by atoms with Crippen molar-refractivity contribution in [3.05, 3.63) is 42.2 Å². The molecule has 136 valence electrons. The highest BCUT2D eigenvalue weighted by atomic mass is 32.2. The topological polar surface area (TPSA) is 66.9 Å². The molecule has 1 unspecified atom stereocenters. The molecule has 2 fully saturated rings. The second kappa shape index (κ2) is 7.63. The van der Waals surface area contributed by atoms with Crippen molar-refractivity contribution < 1.29 is 22.3 Å². The second-order valence-corrected chi connectivity index (χ2v) is 8.09. The quantitative estimate of drug-likeness (QED) is 0.580. The van der Waals surface area contributed by atoms with Crippen LogP contribution in [0.4, 0.5) is 4.39 Å². The average molecular weight is 368 g/mol. The van der Waals surface area contributed by atoms with Crippen LogP contribution < -0.4 is 0 Å². The summed E-state index contributed by atoms with van der Waals surface area (Å²) in [5, 5.41) is 0. The van der Waals surface area contributed by atoms with E-state index in [2.05, 4.69) is 4.90 Å². The fourth-order valence-electron chi connectivity index (χ4n) is 2.95. The molecule has 0 aromatic heterocycles. The zero-order valence-electron chi connectivity index (χ0n) is 13.8. The predicted molar refractivity (Wildman–Crippen MR) is 89.9 cm³/mol. The Kier molecular flexibility index (Phi) is 5.51.